The predicted molar refractivity (Wildman–Crippen MR) is 235 cm³/mol. The number of aliphatic hydroxyl groups is 10. The van der Waals surface area contributed by atoms with Crippen molar-refractivity contribution in [3.05, 3.63) is 11.6 Å². The Bertz CT molecular complexity index is 1880. The number of rotatable bonds is 10. The van der Waals surface area contributed by atoms with Gasteiger partial charge in [0.2, 0.25) is 0 Å². The largest absolute Gasteiger partial charge is 0.467 e. The summed E-state index contributed by atoms with van der Waals surface area (Å²) in [6.07, 6.45) is -18.2. The highest BCUT2D eigenvalue weighted by Crippen LogP contribution is 2.75. The summed E-state index contributed by atoms with van der Waals surface area (Å²) in [6, 6.07) is 0. The Balaban J connectivity index is 1.12. The Kier molecular flexibility index (Phi) is 14.4. The average molecular weight is 971 g/mol. The number of hydrogen-bond donors (Lipinski definition) is 10. The molecule has 68 heavy (non-hydrogen) atoms. The van der Waals surface area contributed by atoms with Crippen molar-refractivity contribution >= 4 is 12.3 Å². The quantitative estimate of drug-likeness (QED) is 0.0595. The monoisotopic (exact) mass is 971 g/mol. The summed E-state index contributed by atoms with van der Waals surface area (Å²) in [7, 11) is 1.08. The molecule has 8 aliphatic rings. The summed E-state index contributed by atoms with van der Waals surface area (Å²) >= 11 is 0. The summed E-state index contributed by atoms with van der Waals surface area (Å²) < 4.78 is 42.0. The summed E-state index contributed by atoms with van der Waals surface area (Å²) in [6.45, 7) is 14.2. The zero-order valence-electron chi connectivity index (χ0n) is 40.6. The molecule has 10 N–H and O–H groups in total. The van der Waals surface area contributed by atoms with Gasteiger partial charge in [-0.25, -0.2) is 4.79 Å². The molecule has 0 radical (unpaired) electrons. The SMILES string of the molecule is COC(=O)C1OC(OC2CCC3(C)C(CCC4(C)C3CC=C3C5CC(C)(C)CCC5(C=O)C(O)CC34C)C2(C)C)C(OC2OC(CO)C(O)C(O)C2O)C(OC2OC(CO)C(O)C(O)C2O)C1O. The second kappa shape index (κ2) is 18.6. The maximum atomic E-state index is 13.4. The Morgan fingerprint density at radius 2 is 1.26 bits per heavy atom. The van der Waals surface area contributed by atoms with Gasteiger partial charge < -0.3 is 89.0 Å². The predicted octanol–water partition coefficient (Wildman–Crippen LogP) is -0.0280. The van der Waals surface area contributed by atoms with Crippen LogP contribution in [0.15, 0.2) is 11.6 Å². The number of methoxy groups -OCH3 is 1. The fraction of sp³-hybridized carbons (Fsp3) is 0.918. The molecule has 0 bridgehead atoms. The highest BCUT2D eigenvalue weighted by Gasteiger charge is 2.70. The Hall–Kier alpha value is -1.76. The van der Waals surface area contributed by atoms with E-state index in [1.807, 2.05) is 0 Å². The number of allylic oxidation sites excluding steroid dienone is 2. The first-order valence-corrected chi connectivity index (χ1v) is 24.6. The van der Waals surface area contributed by atoms with Gasteiger partial charge in [0.25, 0.3) is 0 Å². The first kappa shape index (κ1) is 52.6. The number of fused-ring (bicyclic) bond motifs is 7. The smallest absolute Gasteiger partial charge is 0.337 e. The van der Waals surface area contributed by atoms with Crippen LogP contribution >= 0.6 is 0 Å². The molecule has 0 aromatic rings. The number of carbonyl (C=O) groups is 2. The average Bonchev–Trinajstić information content (AvgIpc) is 3.29. The van der Waals surface area contributed by atoms with E-state index < -0.39 is 134 Å². The minimum atomic E-state index is -2.00. The molecule has 24 atom stereocenters. The molecular weight excluding hydrogens is 893 g/mol. The van der Waals surface area contributed by atoms with E-state index in [0.29, 0.717) is 25.7 Å². The van der Waals surface area contributed by atoms with Crippen molar-refractivity contribution in [2.75, 3.05) is 20.3 Å². The molecule has 19 nitrogen and oxygen atoms in total. The Morgan fingerprint density at radius 3 is 1.82 bits per heavy atom. The van der Waals surface area contributed by atoms with Gasteiger partial charge in [0.1, 0.15) is 73.4 Å². The van der Waals surface area contributed by atoms with Crippen LogP contribution in [0.25, 0.3) is 0 Å². The van der Waals surface area contributed by atoms with Crippen molar-refractivity contribution in [3.8, 4) is 0 Å². The van der Waals surface area contributed by atoms with E-state index in [4.69, 9.17) is 33.2 Å². The molecule has 8 rings (SSSR count). The van der Waals surface area contributed by atoms with Gasteiger partial charge in [0.05, 0.1) is 37.9 Å². The van der Waals surface area contributed by atoms with E-state index in [0.717, 1.165) is 45.5 Å². The third-order valence-corrected chi connectivity index (χ3v) is 19.4. The molecule has 4 saturated carbocycles. The highest BCUT2D eigenvalue weighted by molar-refractivity contribution is 5.75. The molecule has 24 unspecified atom stereocenters. The first-order valence-electron chi connectivity index (χ1n) is 24.6. The molecule has 5 aliphatic carbocycles. The zero-order chi connectivity index (χ0) is 49.8. The van der Waals surface area contributed by atoms with E-state index in [1.165, 1.54) is 5.57 Å². The van der Waals surface area contributed by atoms with E-state index in [9.17, 15) is 60.7 Å². The minimum absolute atomic E-state index is 0.0295. The molecule has 0 aromatic carbocycles. The van der Waals surface area contributed by atoms with Gasteiger partial charge in [-0.05, 0) is 103 Å². The van der Waals surface area contributed by atoms with Crippen LogP contribution in [-0.2, 0) is 42.7 Å². The molecule has 0 spiro atoms. The van der Waals surface area contributed by atoms with Gasteiger partial charge >= 0.3 is 5.97 Å². The summed E-state index contributed by atoms with van der Waals surface area (Å²) in [5, 5.41) is 109. The number of esters is 1. The summed E-state index contributed by atoms with van der Waals surface area (Å²) in [4.78, 5) is 26.4. The van der Waals surface area contributed by atoms with Crippen LogP contribution in [-0.4, -0.2) is 188 Å². The molecule has 3 heterocycles. The van der Waals surface area contributed by atoms with Crippen molar-refractivity contribution in [1.29, 1.82) is 0 Å². The van der Waals surface area contributed by atoms with E-state index in [2.05, 4.69) is 54.5 Å². The van der Waals surface area contributed by atoms with Crippen molar-refractivity contribution in [1.82, 2.24) is 0 Å². The van der Waals surface area contributed by atoms with Crippen molar-refractivity contribution in [3.63, 3.8) is 0 Å². The van der Waals surface area contributed by atoms with Crippen LogP contribution in [0.5, 0.6) is 0 Å². The van der Waals surface area contributed by atoms with Gasteiger partial charge in [-0.15, -0.1) is 0 Å². The van der Waals surface area contributed by atoms with Gasteiger partial charge in [-0.2, -0.15) is 0 Å². The van der Waals surface area contributed by atoms with Crippen molar-refractivity contribution in [2.24, 2.45) is 50.2 Å². The fourth-order valence-electron chi connectivity index (χ4n) is 15.2. The Labute approximate surface area is 398 Å². The molecule has 7 fully saturated rings. The lowest BCUT2D eigenvalue weighted by molar-refractivity contribution is -0.396. The lowest BCUT2D eigenvalue weighted by Crippen LogP contribution is -2.69. The third-order valence-electron chi connectivity index (χ3n) is 19.4. The molecule has 3 saturated heterocycles. The van der Waals surface area contributed by atoms with E-state index in [-0.39, 0.29) is 39.4 Å². The molecule has 19 heteroatoms. The number of aldehydes is 1. The normalized spacial score (nSPS) is 53.1. The topological polar surface area (TPSA) is 301 Å². The van der Waals surface area contributed by atoms with Crippen LogP contribution in [0.2, 0.25) is 0 Å². The van der Waals surface area contributed by atoms with Crippen molar-refractivity contribution in [2.45, 2.75) is 211 Å². The fourth-order valence-corrected chi connectivity index (χ4v) is 15.2. The highest BCUT2D eigenvalue weighted by atomic mass is 16.8. The van der Waals surface area contributed by atoms with Gasteiger partial charge in [0, 0.05) is 0 Å². The van der Waals surface area contributed by atoms with Crippen LogP contribution < -0.4 is 0 Å². The number of ether oxygens (including phenoxy) is 7. The maximum Gasteiger partial charge on any atom is 0.337 e. The second-order valence-electron chi connectivity index (χ2n) is 23.7. The van der Waals surface area contributed by atoms with Gasteiger partial charge in [-0.3, -0.25) is 0 Å². The van der Waals surface area contributed by atoms with Crippen LogP contribution in [0.1, 0.15) is 106 Å². The number of aliphatic hydroxyl groups excluding tert-OH is 10. The lowest BCUT2D eigenvalue weighted by Gasteiger charge is -2.71. The number of hydrogen-bond acceptors (Lipinski definition) is 19. The minimum Gasteiger partial charge on any atom is -0.467 e. The maximum absolute atomic E-state index is 13.4. The second-order valence-corrected chi connectivity index (χ2v) is 23.7. The molecular formula is C49H78O19. The molecule has 0 amide bonds. The van der Waals surface area contributed by atoms with Gasteiger partial charge in [-0.1, -0.05) is 60.1 Å². The number of carbonyl (C=O) groups excluding carboxylic acids is 2. The first-order chi connectivity index (χ1) is 31.8. The molecule has 388 valence electrons. The Morgan fingerprint density at radius 1 is 0.676 bits per heavy atom. The van der Waals surface area contributed by atoms with Crippen LogP contribution in [0.3, 0.4) is 0 Å². The standard InChI is InChI=1S/C49H78O19/c1-44(2)15-16-49(21-52)23(17-44)22-9-10-27-46(5)13-12-29(45(3,4)26(46)11-14-47(27,6)48(22,7)18-28(49)53)65-43-39(68-42-35(59)33(57)31(55)25(20-51)64-42)37(36(60)38(67-43)40(61)62-8)66-41-34(58)32(56)30(54)24(19-50)63-41/h9,21,23-39,41-43,50-51,53-60H,10-20H2,1-8H3. The molecule has 0 aromatic heterocycles. The van der Waals surface area contributed by atoms with E-state index in [1.54, 1.807) is 0 Å². The van der Waals surface area contributed by atoms with Crippen LogP contribution in [0, 0.1) is 50.2 Å². The van der Waals surface area contributed by atoms with Gasteiger partial charge in [0.15, 0.2) is 25.0 Å². The van der Waals surface area contributed by atoms with Crippen LogP contribution in [0.4, 0.5) is 0 Å². The lowest BCUT2D eigenvalue weighted by atomic mass is 9.33. The molecule has 3 aliphatic heterocycles. The summed E-state index contributed by atoms with van der Waals surface area (Å²) in [5.74, 6) is -0.845. The summed E-state index contributed by atoms with van der Waals surface area (Å²) in [5.41, 5.74) is -0.890. The third kappa shape index (κ3) is 8.09. The van der Waals surface area contributed by atoms with Crippen molar-refractivity contribution < 1.29 is 93.8 Å². The van der Waals surface area contributed by atoms with E-state index >= 15 is 0 Å². The zero-order valence-corrected chi connectivity index (χ0v) is 40.6.